The number of carbonyl (C=O) groups excluding carboxylic acids is 1. The molecular formula is C36H68O4. The minimum absolute atomic E-state index is 0.00243. The van der Waals surface area contributed by atoms with Crippen LogP contribution in [0.15, 0.2) is 12.2 Å². The molecule has 0 heterocycles. The number of carboxylic acids is 1. The highest BCUT2D eigenvalue weighted by Gasteiger charge is 2.21. The normalized spacial score (nSPS) is 12.2. The van der Waals surface area contributed by atoms with Crippen molar-refractivity contribution in [2.75, 3.05) is 6.61 Å². The van der Waals surface area contributed by atoms with E-state index in [0.717, 1.165) is 38.5 Å². The number of ether oxygens (including phenoxy) is 1. The van der Waals surface area contributed by atoms with E-state index in [0.29, 0.717) is 13.0 Å². The molecule has 0 saturated carbocycles. The van der Waals surface area contributed by atoms with Crippen molar-refractivity contribution in [1.29, 1.82) is 0 Å². The van der Waals surface area contributed by atoms with Crippen LogP contribution >= 0.6 is 0 Å². The molecule has 0 radical (unpaired) electrons. The predicted molar refractivity (Wildman–Crippen MR) is 172 cm³/mol. The maximum absolute atomic E-state index is 11.7. The van der Waals surface area contributed by atoms with E-state index in [1.807, 2.05) is 6.92 Å². The van der Waals surface area contributed by atoms with E-state index in [2.05, 4.69) is 19.1 Å². The summed E-state index contributed by atoms with van der Waals surface area (Å²) in [5.74, 6) is -1.88. The molecule has 1 unspecified atom stereocenters. The van der Waals surface area contributed by atoms with Crippen molar-refractivity contribution in [3.63, 3.8) is 0 Å². The zero-order chi connectivity index (χ0) is 29.4. The molecule has 236 valence electrons. The monoisotopic (exact) mass is 565 g/mol. The Bertz CT molecular complexity index is 571. The minimum atomic E-state index is -0.883. The van der Waals surface area contributed by atoms with Crippen molar-refractivity contribution in [2.45, 2.75) is 194 Å². The number of hydrogen-bond acceptors (Lipinski definition) is 3. The lowest BCUT2D eigenvalue weighted by molar-refractivity contribution is -0.151. The zero-order valence-corrected chi connectivity index (χ0v) is 26.9. The second-order valence-electron chi connectivity index (χ2n) is 12.1. The van der Waals surface area contributed by atoms with Gasteiger partial charge >= 0.3 is 11.9 Å². The molecule has 0 aliphatic carbocycles. The highest BCUT2D eigenvalue weighted by atomic mass is 16.5. The first-order valence-electron chi connectivity index (χ1n) is 17.6. The maximum Gasteiger partial charge on any atom is 0.307 e. The fraction of sp³-hybridized carbons (Fsp3) is 0.889. The van der Waals surface area contributed by atoms with Gasteiger partial charge < -0.3 is 9.84 Å². The van der Waals surface area contributed by atoms with Gasteiger partial charge in [-0.2, -0.15) is 0 Å². The minimum Gasteiger partial charge on any atom is -0.481 e. The molecule has 4 heteroatoms. The van der Waals surface area contributed by atoms with Gasteiger partial charge in [0.05, 0.1) is 18.9 Å². The van der Waals surface area contributed by atoms with Crippen LogP contribution in [0.25, 0.3) is 0 Å². The molecular weight excluding hydrogens is 496 g/mol. The number of carbonyl (C=O) groups is 2. The molecule has 0 amide bonds. The van der Waals surface area contributed by atoms with Crippen LogP contribution in [0.1, 0.15) is 194 Å². The molecule has 0 aliphatic heterocycles. The second kappa shape index (κ2) is 32.2. The molecule has 0 spiro atoms. The van der Waals surface area contributed by atoms with Crippen LogP contribution in [-0.2, 0) is 14.3 Å². The first-order chi connectivity index (χ1) is 19.6. The van der Waals surface area contributed by atoms with E-state index < -0.39 is 11.9 Å². The summed E-state index contributed by atoms with van der Waals surface area (Å²) in [6.07, 6.45) is 39.5. The molecule has 4 nitrogen and oxygen atoms in total. The summed E-state index contributed by atoms with van der Waals surface area (Å²) in [5.41, 5.74) is 0. The van der Waals surface area contributed by atoms with Crippen LogP contribution in [-0.4, -0.2) is 23.7 Å². The standard InChI is InChI=1S/C36H68O4/c1-3-5-6-7-8-9-10-11-12-13-14-15-16-17-18-19-20-21-22-23-24-25-26-27-28-29-30-31-34(36(38)39)33-35(37)40-32-4-2/h24-25,34H,3-23,26-33H2,1-2H3,(H,38,39)/b25-24+. The summed E-state index contributed by atoms with van der Waals surface area (Å²) in [7, 11) is 0. The molecule has 1 N–H and O–H groups in total. The summed E-state index contributed by atoms with van der Waals surface area (Å²) in [6, 6.07) is 0. The maximum atomic E-state index is 11.7. The topological polar surface area (TPSA) is 63.6 Å². The van der Waals surface area contributed by atoms with Crippen LogP contribution < -0.4 is 0 Å². The Morgan fingerprint density at radius 2 is 0.925 bits per heavy atom. The van der Waals surface area contributed by atoms with E-state index in [9.17, 15) is 14.7 Å². The van der Waals surface area contributed by atoms with Crippen molar-refractivity contribution in [3.8, 4) is 0 Å². The molecule has 0 rings (SSSR count). The number of carboxylic acid groups (broad SMARTS) is 1. The van der Waals surface area contributed by atoms with Crippen LogP contribution in [0.2, 0.25) is 0 Å². The second-order valence-corrected chi connectivity index (χ2v) is 12.1. The van der Waals surface area contributed by atoms with Crippen LogP contribution in [0.5, 0.6) is 0 Å². The lowest BCUT2D eigenvalue weighted by Gasteiger charge is -2.11. The number of esters is 1. The first kappa shape index (κ1) is 38.7. The third kappa shape index (κ3) is 29.7. The summed E-state index contributed by atoms with van der Waals surface area (Å²) < 4.78 is 5.02. The fourth-order valence-corrected chi connectivity index (χ4v) is 5.37. The Balaban J connectivity index is 3.33. The number of rotatable bonds is 32. The molecule has 40 heavy (non-hydrogen) atoms. The van der Waals surface area contributed by atoms with Gasteiger partial charge in [-0.05, 0) is 38.5 Å². The number of hydrogen-bond donors (Lipinski definition) is 1. The first-order valence-corrected chi connectivity index (χ1v) is 17.6. The molecule has 1 atom stereocenters. The quantitative estimate of drug-likeness (QED) is 0.0501. The smallest absolute Gasteiger partial charge is 0.307 e. The zero-order valence-electron chi connectivity index (χ0n) is 26.9. The van der Waals surface area contributed by atoms with Crippen LogP contribution in [0.4, 0.5) is 0 Å². The van der Waals surface area contributed by atoms with Crippen molar-refractivity contribution >= 4 is 11.9 Å². The summed E-state index contributed by atoms with van der Waals surface area (Å²) in [6.45, 7) is 4.60. The Labute approximate surface area is 249 Å². The fourth-order valence-electron chi connectivity index (χ4n) is 5.37. The third-order valence-electron chi connectivity index (χ3n) is 8.04. The van der Waals surface area contributed by atoms with Gasteiger partial charge in [0.25, 0.3) is 0 Å². The average molecular weight is 565 g/mol. The third-order valence-corrected chi connectivity index (χ3v) is 8.04. The van der Waals surface area contributed by atoms with Crippen LogP contribution in [0, 0.1) is 5.92 Å². The molecule has 0 saturated heterocycles. The van der Waals surface area contributed by atoms with Crippen molar-refractivity contribution in [2.24, 2.45) is 5.92 Å². The van der Waals surface area contributed by atoms with Crippen molar-refractivity contribution in [3.05, 3.63) is 12.2 Å². The molecule has 0 aromatic heterocycles. The Hall–Kier alpha value is -1.32. The van der Waals surface area contributed by atoms with Gasteiger partial charge in [0.1, 0.15) is 0 Å². The van der Waals surface area contributed by atoms with Gasteiger partial charge in [0, 0.05) is 0 Å². The Kier molecular flexibility index (Phi) is 31.1. The van der Waals surface area contributed by atoms with Gasteiger partial charge in [-0.25, -0.2) is 0 Å². The van der Waals surface area contributed by atoms with Gasteiger partial charge in [-0.3, -0.25) is 9.59 Å². The largest absolute Gasteiger partial charge is 0.481 e. The lowest BCUT2D eigenvalue weighted by Crippen LogP contribution is -2.19. The Morgan fingerprint density at radius 3 is 1.30 bits per heavy atom. The highest BCUT2D eigenvalue weighted by molar-refractivity contribution is 5.78. The van der Waals surface area contributed by atoms with Gasteiger partial charge in [0.2, 0.25) is 0 Å². The van der Waals surface area contributed by atoms with E-state index in [4.69, 9.17) is 4.74 Å². The number of unbranched alkanes of at least 4 members (excludes halogenated alkanes) is 23. The van der Waals surface area contributed by atoms with E-state index >= 15 is 0 Å². The molecule has 0 fully saturated rings. The summed E-state index contributed by atoms with van der Waals surface area (Å²) >= 11 is 0. The SMILES string of the molecule is CCCCCCCCCCCCCCCCCCCCC/C=C/CCCCCCC(CC(=O)OCCC)C(=O)O. The predicted octanol–water partition coefficient (Wildman–Crippen LogP) is 11.7. The van der Waals surface area contributed by atoms with Crippen molar-refractivity contribution < 1.29 is 19.4 Å². The van der Waals surface area contributed by atoms with E-state index in [-0.39, 0.29) is 12.4 Å². The molecule has 0 aliphatic rings. The summed E-state index contributed by atoms with van der Waals surface area (Å²) in [4.78, 5) is 23.0. The van der Waals surface area contributed by atoms with Crippen molar-refractivity contribution in [1.82, 2.24) is 0 Å². The summed E-state index contributed by atoms with van der Waals surface area (Å²) in [5, 5.41) is 9.33. The average Bonchev–Trinajstić information content (AvgIpc) is 2.94. The lowest BCUT2D eigenvalue weighted by atomic mass is 9.97. The number of allylic oxidation sites excluding steroid dienone is 2. The van der Waals surface area contributed by atoms with Crippen LogP contribution in [0.3, 0.4) is 0 Å². The van der Waals surface area contributed by atoms with E-state index in [1.165, 1.54) is 128 Å². The Morgan fingerprint density at radius 1 is 0.550 bits per heavy atom. The van der Waals surface area contributed by atoms with Gasteiger partial charge in [0.15, 0.2) is 0 Å². The highest BCUT2D eigenvalue weighted by Crippen LogP contribution is 2.17. The van der Waals surface area contributed by atoms with Gasteiger partial charge in [-0.15, -0.1) is 0 Å². The molecule has 0 bridgehead atoms. The number of aliphatic carboxylic acids is 1. The van der Waals surface area contributed by atoms with E-state index in [1.54, 1.807) is 0 Å². The molecule has 0 aromatic carbocycles. The van der Waals surface area contributed by atoms with Gasteiger partial charge in [-0.1, -0.05) is 161 Å². The molecule has 0 aromatic rings.